The van der Waals surface area contributed by atoms with Crippen molar-refractivity contribution in [1.82, 2.24) is 0 Å². The Labute approximate surface area is 124 Å². The quantitative estimate of drug-likeness (QED) is 0.891. The second-order valence-electron chi connectivity index (χ2n) is 4.62. The molecule has 0 saturated heterocycles. The van der Waals surface area contributed by atoms with E-state index in [1.165, 1.54) is 0 Å². The van der Waals surface area contributed by atoms with Crippen LogP contribution in [0.2, 0.25) is 0 Å². The summed E-state index contributed by atoms with van der Waals surface area (Å²) in [5.74, 6) is 0.471. The van der Waals surface area contributed by atoms with Crippen molar-refractivity contribution in [2.45, 2.75) is 30.3 Å². The summed E-state index contributed by atoms with van der Waals surface area (Å²) in [6.07, 6.45) is 0.346. The lowest BCUT2D eigenvalue weighted by Gasteiger charge is -2.18. The third kappa shape index (κ3) is 3.62. The summed E-state index contributed by atoms with van der Waals surface area (Å²) in [4.78, 5) is 0.254. The molecule has 1 atom stereocenters. The SMILES string of the molecule is CCC(Oc1ccc(CO)cc1)S(=O)(=O)c1ccccc1. The van der Waals surface area contributed by atoms with Crippen molar-refractivity contribution in [3.63, 3.8) is 0 Å². The summed E-state index contributed by atoms with van der Waals surface area (Å²) in [6, 6.07) is 15.0. The Morgan fingerprint density at radius 3 is 2.19 bits per heavy atom. The second kappa shape index (κ2) is 6.74. The molecular formula is C16H18O4S. The zero-order valence-electron chi connectivity index (χ0n) is 11.8. The van der Waals surface area contributed by atoms with Crippen LogP contribution in [0.15, 0.2) is 59.5 Å². The molecule has 0 spiro atoms. The molecule has 1 unspecified atom stereocenters. The smallest absolute Gasteiger partial charge is 0.216 e. The molecule has 0 fully saturated rings. The number of ether oxygens (including phenoxy) is 1. The van der Waals surface area contributed by atoms with Crippen LogP contribution in [0.3, 0.4) is 0 Å². The van der Waals surface area contributed by atoms with E-state index in [-0.39, 0.29) is 11.5 Å². The molecule has 2 aromatic rings. The highest BCUT2D eigenvalue weighted by atomic mass is 32.2. The van der Waals surface area contributed by atoms with E-state index in [0.717, 1.165) is 5.56 Å². The minimum Gasteiger partial charge on any atom is -0.474 e. The summed E-state index contributed by atoms with van der Waals surface area (Å²) in [5.41, 5.74) is -0.179. The zero-order valence-corrected chi connectivity index (χ0v) is 12.6. The Bertz CT molecular complexity index is 663. The predicted molar refractivity (Wildman–Crippen MR) is 80.7 cm³/mol. The molecular weight excluding hydrogens is 288 g/mol. The highest BCUT2D eigenvalue weighted by Gasteiger charge is 2.27. The molecule has 0 saturated carbocycles. The van der Waals surface area contributed by atoms with E-state index < -0.39 is 15.3 Å². The van der Waals surface area contributed by atoms with Gasteiger partial charge in [0.25, 0.3) is 0 Å². The Morgan fingerprint density at radius 2 is 1.67 bits per heavy atom. The first-order chi connectivity index (χ1) is 10.1. The van der Waals surface area contributed by atoms with Gasteiger partial charge in [0.15, 0.2) is 0 Å². The summed E-state index contributed by atoms with van der Waals surface area (Å²) < 4.78 is 30.7. The molecule has 0 heterocycles. The van der Waals surface area contributed by atoms with Gasteiger partial charge in [-0.15, -0.1) is 0 Å². The number of aliphatic hydroxyl groups excluding tert-OH is 1. The average Bonchev–Trinajstić information content (AvgIpc) is 2.53. The van der Waals surface area contributed by atoms with Crippen molar-refractivity contribution >= 4 is 9.84 Å². The maximum atomic E-state index is 12.5. The molecule has 0 aliphatic rings. The number of hydrogen-bond acceptors (Lipinski definition) is 4. The normalized spacial score (nSPS) is 12.9. The fraction of sp³-hybridized carbons (Fsp3) is 0.250. The van der Waals surface area contributed by atoms with Gasteiger partial charge in [-0.2, -0.15) is 0 Å². The molecule has 1 N–H and O–H groups in total. The molecule has 21 heavy (non-hydrogen) atoms. The number of rotatable bonds is 6. The molecule has 2 aromatic carbocycles. The van der Waals surface area contributed by atoms with Crippen LogP contribution in [0.1, 0.15) is 18.9 Å². The first-order valence-electron chi connectivity index (χ1n) is 6.73. The molecule has 0 aromatic heterocycles. The van der Waals surface area contributed by atoms with E-state index in [2.05, 4.69) is 0 Å². The van der Waals surface area contributed by atoms with Crippen molar-refractivity contribution in [2.75, 3.05) is 0 Å². The third-order valence-corrected chi connectivity index (χ3v) is 5.18. The van der Waals surface area contributed by atoms with E-state index in [1.54, 1.807) is 61.5 Å². The summed E-state index contributed by atoms with van der Waals surface area (Å²) in [5, 5.41) is 9.00. The van der Waals surface area contributed by atoms with Gasteiger partial charge >= 0.3 is 0 Å². The fourth-order valence-electron chi connectivity index (χ4n) is 1.95. The molecule has 0 radical (unpaired) electrons. The number of sulfone groups is 1. The van der Waals surface area contributed by atoms with Gasteiger partial charge in [-0.1, -0.05) is 37.3 Å². The molecule has 0 aliphatic carbocycles. The topological polar surface area (TPSA) is 63.6 Å². The van der Waals surface area contributed by atoms with Gasteiger partial charge < -0.3 is 9.84 Å². The lowest BCUT2D eigenvalue weighted by Crippen LogP contribution is -2.27. The summed E-state index contributed by atoms with van der Waals surface area (Å²) >= 11 is 0. The van der Waals surface area contributed by atoms with Crippen molar-refractivity contribution in [3.8, 4) is 5.75 Å². The largest absolute Gasteiger partial charge is 0.474 e. The maximum absolute atomic E-state index is 12.5. The van der Waals surface area contributed by atoms with Crippen molar-refractivity contribution in [2.24, 2.45) is 0 Å². The molecule has 5 heteroatoms. The number of benzene rings is 2. The van der Waals surface area contributed by atoms with Crippen molar-refractivity contribution < 1.29 is 18.3 Å². The second-order valence-corrected chi connectivity index (χ2v) is 6.70. The van der Waals surface area contributed by atoms with Crippen molar-refractivity contribution in [3.05, 3.63) is 60.2 Å². The Balaban J connectivity index is 2.23. The van der Waals surface area contributed by atoms with Crippen LogP contribution in [0.4, 0.5) is 0 Å². The van der Waals surface area contributed by atoms with Crippen LogP contribution in [0.25, 0.3) is 0 Å². The molecule has 0 aliphatic heterocycles. The van der Waals surface area contributed by atoms with Gasteiger partial charge in [0.1, 0.15) is 5.75 Å². The Hall–Kier alpha value is -1.85. The van der Waals surface area contributed by atoms with Crippen molar-refractivity contribution in [1.29, 1.82) is 0 Å². The minimum absolute atomic E-state index is 0.0558. The maximum Gasteiger partial charge on any atom is 0.216 e. The number of aliphatic hydroxyl groups is 1. The fourth-order valence-corrected chi connectivity index (χ4v) is 3.47. The van der Waals surface area contributed by atoms with E-state index >= 15 is 0 Å². The first-order valence-corrected chi connectivity index (χ1v) is 8.28. The highest BCUT2D eigenvalue weighted by Crippen LogP contribution is 2.22. The third-order valence-electron chi connectivity index (χ3n) is 3.12. The Kier molecular flexibility index (Phi) is 4.98. The molecule has 2 rings (SSSR count). The van der Waals surface area contributed by atoms with Crippen LogP contribution in [0.5, 0.6) is 5.75 Å². The molecule has 0 amide bonds. The first kappa shape index (κ1) is 15.5. The zero-order chi connectivity index (χ0) is 15.3. The lowest BCUT2D eigenvalue weighted by molar-refractivity contribution is 0.267. The summed E-state index contributed by atoms with van der Waals surface area (Å²) in [6.45, 7) is 1.72. The van der Waals surface area contributed by atoms with Gasteiger partial charge in [-0.05, 0) is 36.2 Å². The van der Waals surface area contributed by atoms with Crippen LogP contribution in [-0.4, -0.2) is 19.0 Å². The van der Waals surface area contributed by atoms with Crippen LogP contribution >= 0.6 is 0 Å². The van der Waals surface area contributed by atoms with E-state index in [0.29, 0.717) is 12.2 Å². The van der Waals surface area contributed by atoms with E-state index in [4.69, 9.17) is 9.84 Å². The lowest BCUT2D eigenvalue weighted by atomic mass is 10.2. The van der Waals surface area contributed by atoms with Gasteiger partial charge in [0.2, 0.25) is 15.3 Å². The molecule has 4 nitrogen and oxygen atoms in total. The van der Waals surface area contributed by atoms with Crippen LogP contribution < -0.4 is 4.74 Å². The highest BCUT2D eigenvalue weighted by molar-refractivity contribution is 7.92. The van der Waals surface area contributed by atoms with E-state index in [1.807, 2.05) is 0 Å². The van der Waals surface area contributed by atoms with Gasteiger partial charge in [-0.3, -0.25) is 0 Å². The predicted octanol–water partition coefficient (Wildman–Crippen LogP) is 2.77. The number of hydrogen-bond donors (Lipinski definition) is 1. The Morgan fingerprint density at radius 1 is 1.05 bits per heavy atom. The van der Waals surface area contributed by atoms with Gasteiger partial charge in [0.05, 0.1) is 11.5 Å². The molecule has 0 bridgehead atoms. The van der Waals surface area contributed by atoms with Gasteiger partial charge in [-0.25, -0.2) is 8.42 Å². The van der Waals surface area contributed by atoms with Gasteiger partial charge in [0, 0.05) is 0 Å². The van der Waals surface area contributed by atoms with Crippen LogP contribution in [0, 0.1) is 0 Å². The molecule has 112 valence electrons. The van der Waals surface area contributed by atoms with E-state index in [9.17, 15) is 8.42 Å². The van der Waals surface area contributed by atoms with Crippen LogP contribution in [-0.2, 0) is 16.4 Å². The average molecular weight is 306 g/mol. The minimum atomic E-state index is -3.54. The standard InChI is InChI=1S/C16H18O4S/c1-2-16(20-14-10-8-13(12-17)9-11-14)21(18,19)15-6-4-3-5-7-15/h3-11,16-17H,2,12H2,1H3. The summed E-state index contributed by atoms with van der Waals surface area (Å²) in [7, 11) is -3.54. The monoisotopic (exact) mass is 306 g/mol.